The van der Waals surface area contributed by atoms with Crippen molar-refractivity contribution in [3.8, 4) is 0 Å². The molecular weight excluding hydrogens is 252 g/mol. The maximum Gasteiger partial charge on any atom is 0.357 e. The van der Waals surface area contributed by atoms with Gasteiger partial charge in [0.25, 0.3) is 0 Å². The molecule has 1 aromatic heterocycles. The van der Waals surface area contributed by atoms with Crippen molar-refractivity contribution in [3.05, 3.63) is 10.6 Å². The van der Waals surface area contributed by atoms with Crippen LogP contribution in [0.5, 0.6) is 0 Å². The van der Waals surface area contributed by atoms with Gasteiger partial charge in [-0.05, 0) is 19.8 Å². The molecule has 0 atom stereocenters. The third-order valence-corrected chi connectivity index (χ3v) is 4.27. The van der Waals surface area contributed by atoms with E-state index in [4.69, 9.17) is 9.47 Å². The van der Waals surface area contributed by atoms with Crippen molar-refractivity contribution in [2.24, 2.45) is 0 Å². The molecule has 1 aromatic rings. The van der Waals surface area contributed by atoms with E-state index in [9.17, 15) is 4.79 Å². The molecule has 1 aliphatic heterocycles. The van der Waals surface area contributed by atoms with Crippen LogP contribution in [0.4, 0.5) is 5.13 Å². The van der Waals surface area contributed by atoms with Gasteiger partial charge in [0.05, 0.1) is 7.11 Å². The Bertz CT molecular complexity index is 427. The molecule has 18 heavy (non-hydrogen) atoms. The normalized spacial score (nSPS) is 16.6. The van der Waals surface area contributed by atoms with Gasteiger partial charge in [-0.15, -0.1) is 11.3 Å². The van der Waals surface area contributed by atoms with Crippen molar-refractivity contribution in [2.75, 3.05) is 32.3 Å². The number of carbonyl (C=O) groups excluding carboxylic acids is 1. The third-order valence-electron chi connectivity index (χ3n) is 3.20. The second-order valence-corrected chi connectivity index (χ2v) is 5.53. The van der Waals surface area contributed by atoms with Crippen molar-refractivity contribution in [1.29, 1.82) is 0 Å². The second-order valence-electron chi connectivity index (χ2n) is 4.35. The van der Waals surface area contributed by atoms with E-state index in [1.54, 1.807) is 0 Å². The molecule has 0 unspecified atom stereocenters. The Morgan fingerprint density at radius 3 is 2.78 bits per heavy atom. The zero-order valence-electron chi connectivity index (χ0n) is 10.9. The molecule has 100 valence electrons. The number of esters is 1. The number of thiazole rings is 1. The first-order valence-corrected chi connectivity index (χ1v) is 6.81. The predicted octanol–water partition coefficient (Wildman–Crippen LogP) is 1.85. The van der Waals surface area contributed by atoms with Crippen LogP contribution in [-0.2, 0) is 9.47 Å². The number of nitrogens with zero attached hydrogens (tertiary/aromatic N) is 2. The van der Waals surface area contributed by atoms with E-state index in [1.165, 1.54) is 18.4 Å². The van der Waals surface area contributed by atoms with Gasteiger partial charge in [-0.3, -0.25) is 0 Å². The van der Waals surface area contributed by atoms with Gasteiger partial charge >= 0.3 is 5.97 Å². The fourth-order valence-electron chi connectivity index (χ4n) is 2.05. The predicted molar refractivity (Wildman–Crippen MR) is 70.4 cm³/mol. The van der Waals surface area contributed by atoms with E-state index < -0.39 is 0 Å². The first kappa shape index (κ1) is 13.3. The molecule has 1 fully saturated rings. The van der Waals surface area contributed by atoms with Gasteiger partial charge < -0.3 is 14.4 Å². The number of rotatable bonds is 3. The van der Waals surface area contributed by atoms with Gasteiger partial charge in [-0.2, -0.15) is 0 Å². The Hall–Kier alpha value is -1.14. The molecule has 1 saturated heterocycles. The summed E-state index contributed by atoms with van der Waals surface area (Å²) in [6.07, 6.45) is 2.01. The summed E-state index contributed by atoms with van der Waals surface area (Å²) in [5.41, 5.74) is 0.427. The lowest BCUT2D eigenvalue weighted by Gasteiger charge is -2.30. The fraction of sp³-hybridized carbons (Fsp3) is 0.667. The lowest BCUT2D eigenvalue weighted by molar-refractivity contribution is 0.0594. The summed E-state index contributed by atoms with van der Waals surface area (Å²) in [6, 6.07) is 0.440. The highest BCUT2D eigenvalue weighted by Gasteiger charge is 2.23. The molecule has 5 nitrogen and oxygen atoms in total. The summed E-state index contributed by atoms with van der Waals surface area (Å²) >= 11 is 1.53. The first-order valence-electron chi connectivity index (χ1n) is 5.99. The summed E-state index contributed by atoms with van der Waals surface area (Å²) < 4.78 is 10.1. The zero-order chi connectivity index (χ0) is 13.1. The largest absolute Gasteiger partial charge is 0.464 e. The molecule has 2 rings (SSSR count). The number of ether oxygens (including phenoxy) is 2. The Morgan fingerprint density at radius 1 is 1.50 bits per heavy atom. The quantitative estimate of drug-likeness (QED) is 0.785. The zero-order valence-corrected chi connectivity index (χ0v) is 11.7. The Labute approximate surface area is 111 Å². The van der Waals surface area contributed by atoms with Crippen LogP contribution in [0.3, 0.4) is 0 Å². The van der Waals surface area contributed by atoms with E-state index in [2.05, 4.69) is 9.88 Å². The van der Waals surface area contributed by atoms with Gasteiger partial charge in [0, 0.05) is 31.2 Å². The minimum absolute atomic E-state index is 0.365. The molecule has 0 N–H and O–H groups in total. The molecule has 2 heterocycles. The topological polar surface area (TPSA) is 51.7 Å². The molecule has 0 spiro atoms. The van der Waals surface area contributed by atoms with Crippen molar-refractivity contribution >= 4 is 22.4 Å². The van der Waals surface area contributed by atoms with Crippen molar-refractivity contribution in [3.63, 3.8) is 0 Å². The summed E-state index contributed by atoms with van der Waals surface area (Å²) in [7, 11) is 3.40. The van der Waals surface area contributed by atoms with E-state index in [-0.39, 0.29) is 5.97 Å². The Morgan fingerprint density at radius 2 is 2.17 bits per heavy atom. The molecule has 0 aliphatic carbocycles. The molecule has 1 aliphatic rings. The van der Waals surface area contributed by atoms with Gasteiger partial charge in [0.1, 0.15) is 0 Å². The number of aryl methyl sites for hydroxylation is 1. The second kappa shape index (κ2) is 5.67. The van der Waals surface area contributed by atoms with Gasteiger partial charge in [0.2, 0.25) is 0 Å². The highest BCUT2D eigenvalue weighted by Crippen LogP contribution is 2.28. The number of hydrogen-bond donors (Lipinski definition) is 0. The van der Waals surface area contributed by atoms with Crippen molar-refractivity contribution in [1.82, 2.24) is 4.98 Å². The first-order chi connectivity index (χ1) is 8.63. The summed E-state index contributed by atoms with van der Waals surface area (Å²) in [5.74, 6) is -0.365. The minimum Gasteiger partial charge on any atom is -0.464 e. The maximum atomic E-state index is 11.5. The number of carbonyl (C=O) groups is 1. The van der Waals surface area contributed by atoms with Gasteiger partial charge in [-0.1, -0.05) is 0 Å². The average Bonchev–Trinajstić information content (AvgIpc) is 2.80. The van der Waals surface area contributed by atoms with E-state index in [0.29, 0.717) is 11.7 Å². The Balaban J connectivity index is 2.15. The fourth-order valence-corrected chi connectivity index (χ4v) is 2.98. The molecule has 0 aromatic carbocycles. The standard InChI is InChI=1S/C12H18N2O3S/c1-8-10(11(15)16-3)13-12(18-8)14(2)9-4-6-17-7-5-9/h9H,4-7H2,1-3H3. The van der Waals surface area contributed by atoms with Gasteiger partial charge in [0.15, 0.2) is 10.8 Å². The Kier molecular flexibility index (Phi) is 4.19. The van der Waals surface area contributed by atoms with Crippen LogP contribution in [0.1, 0.15) is 28.2 Å². The molecule has 6 heteroatoms. The van der Waals surface area contributed by atoms with Crippen LogP contribution in [-0.4, -0.2) is 44.4 Å². The smallest absolute Gasteiger partial charge is 0.357 e. The maximum absolute atomic E-state index is 11.5. The lowest BCUT2D eigenvalue weighted by Crippen LogP contribution is -2.36. The molecule has 0 radical (unpaired) electrons. The molecule has 0 saturated carbocycles. The van der Waals surface area contributed by atoms with Crippen LogP contribution in [0.15, 0.2) is 0 Å². The SMILES string of the molecule is COC(=O)c1nc(N(C)C2CCOCC2)sc1C. The number of hydrogen-bond acceptors (Lipinski definition) is 6. The highest BCUT2D eigenvalue weighted by molar-refractivity contribution is 7.15. The van der Waals surface area contributed by atoms with Crippen LogP contribution >= 0.6 is 11.3 Å². The summed E-state index contributed by atoms with van der Waals surface area (Å²) in [5, 5.41) is 0.875. The van der Waals surface area contributed by atoms with E-state index >= 15 is 0 Å². The molecule has 0 amide bonds. The number of methoxy groups -OCH3 is 1. The van der Waals surface area contributed by atoms with Crippen LogP contribution in [0, 0.1) is 6.92 Å². The third kappa shape index (κ3) is 2.64. The number of anilines is 1. The monoisotopic (exact) mass is 270 g/mol. The molecule has 0 bridgehead atoms. The van der Waals surface area contributed by atoms with E-state index in [1.807, 2.05) is 14.0 Å². The van der Waals surface area contributed by atoms with Gasteiger partial charge in [-0.25, -0.2) is 9.78 Å². The van der Waals surface area contributed by atoms with Crippen LogP contribution < -0.4 is 4.90 Å². The highest BCUT2D eigenvalue weighted by atomic mass is 32.1. The molecular formula is C12H18N2O3S. The van der Waals surface area contributed by atoms with Crippen LogP contribution in [0.25, 0.3) is 0 Å². The summed E-state index contributed by atoms with van der Waals surface area (Å²) in [6.45, 7) is 3.48. The summed E-state index contributed by atoms with van der Waals surface area (Å²) in [4.78, 5) is 19.0. The van der Waals surface area contributed by atoms with Crippen molar-refractivity contribution in [2.45, 2.75) is 25.8 Å². The number of aromatic nitrogens is 1. The van der Waals surface area contributed by atoms with Crippen LogP contribution in [0.2, 0.25) is 0 Å². The minimum atomic E-state index is -0.365. The van der Waals surface area contributed by atoms with E-state index in [0.717, 1.165) is 36.1 Å². The van der Waals surface area contributed by atoms with Crippen molar-refractivity contribution < 1.29 is 14.3 Å². The average molecular weight is 270 g/mol. The lowest BCUT2D eigenvalue weighted by atomic mass is 10.1.